The quantitative estimate of drug-likeness (QED) is 0.413. The predicted octanol–water partition coefficient (Wildman–Crippen LogP) is 4.40. The Bertz CT molecular complexity index is 1550. The first-order chi connectivity index (χ1) is 15.4. The number of aromatic nitrogens is 3. The molecule has 1 N–H and O–H groups in total. The number of hydrogen-bond donors (Lipinski definition) is 1. The smallest absolute Gasteiger partial charge is 0.238 e. The molecule has 0 radical (unpaired) electrons. The lowest BCUT2D eigenvalue weighted by molar-refractivity contribution is 0.417. The Labute approximate surface area is 184 Å². The minimum atomic E-state index is -3.79. The molecule has 0 aliphatic rings. The average Bonchev–Trinajstić information content (AvgIpc) is 3.39. The number of rotatable bonds is 6. The van der Waals surface area contributed by atoms with E-state index in [-0.39, 0.29) is 5.75 Å². The number of nitrogens with zero attached hydrogens (tertiary/aromatic N) is 3. The van der Waals surface area contributed by atoms with Crippen LogP contribution in [0.3, 0.4) is 0 Å². The van der Waals surface area contributed by atoms with Gasteiger partial charge in [0.15, 0.2) is 5.58 Å². The summed E-state index contributed by atoms with van der Waals surface area (Å²) in [4.78, 5) is 4.69. The van der Waals surface area contributed by atoms with Crippen molar-refractivity contribution >= 4 is 32.3 Å². The maximum atomic E-state index is 12.9. The highest BCUT2D eigenvalue weighted by atomic mass is 32.2. The molecule has 8 nitrogen and oxygen atoms in total. The van der Waals surface area contributed by atoms with Gasteiger partial charge in [0.2, 0.25) is 10.0 Å². The predicted molar refractivity (Wildman–Crippen MR) is 122 cm³/mol. The van der Waals surface area contributed by atoms with Crippen LogP contribution in [0, 0.1) is 6.92 Å². The molecule has 2 aromatic carbocycles. The number of anilines is 1. The molecule has 0 amide bonds. The first-order valence-corrected chi connectivity index (χ1v) is 11.6. The van der Waals surface area contributed by atoms with Crippen LogP contribution in [0.4, 0.5) is 5.69 Å². The monoisotopic (exact) mass is 448 g/mol. The third-order valence-electron chi connectivity index (χ3n) is 5.22. The van der Waals surface area contributed by atoms with Gasteiger partial charge in [-0.05, 0) is 48.9 Å². The summed E-state index contributed by atoms with van der Waals surface area (Å²) in [7, 11) is -2.30. The van der Waals surface area contributed by atoms with E-state index in [4.69, 9.17) is 14.2 Å². The summed E-state index contributed by atoms with van der Waals surface area (Å²) in [6, 6.07) is 16.4. The Morgan fingerprint density at radius 3 is 2.78 bits per heavy atom. The molecule has 3 heterocycles. The zero-order valence-electron chi connectivity index (χ0n) is 17.4. The highest BCUT2D eigenvalue weighted by Gasteiger charge is 2.20. The third-order valence-corrected chi connectivity index (χ3v) is 6.40. The maximum Gasteiger partial charge on any atom is 0.238 e. The lowest BCUT2D eigenvalue weighted by Gasteiger charge is -2.12. The molecule has 0 atom stereocenters. The van der Waals surface area contributed by atoms with Gasteiger partial charge in [0.1, 0.15) is 22.8 Å². The van der Waals surface area contributed by atoms with Gasteiger partial charge < -0.3 is 13.7 Å². The van der Waals surface area contributed by atoms with Crippen LogP contribution in [0.1, 0.15) is 11.3 Å². The Hall–Kier alpha value is -3.85. The van der Waals surface area contributed by atoms with E-state index in [9.17, 15) is 8.42 Å². The number of nitrogens with one attached hydrogen (secondary N) is 1. The molecule has 9 heteroatoms. The molecule has 0 spiro atoms. The van der Waals surface area contributed by atoms with Crippen molar-refractivity contribution in [1.82, 2.24) is 14.5 Å². The van der Waals surface area contributed by atoms with Crippen molar-refractivity contribution in [2.24, 2.45) is 0 Å². The van der Waals surface area contributed by atoms with E-state index in [1.807, 2.05) is 48.0 Å². The fourth-order valence-electron chi connectivity index (χ4n) is 3.67. The summed E-state index contributed by atoms with van der Waals surface area (Å²) in [5, 5.41) is 4.59. The van der Waals surface area contributed by atoms with Crippen LogP contribution in [-0.4, -0.2) is 30.1 Å². The highest BCUT2D eigenvalue weighted by molar-refractivity contribution is 7.91. The average molecular weight is 449 g/mol. The largest absolute Gasteiger partial charge is 0.495 e. The number of sulfonamides is 1. The van der Waals surface area contributed by atoms with E-state index in [1.54, 1.807) is 30.3 Å². The van der Waals surface area contributed by atoms with Gasteiger partial charge >= 0.3 is 0 Å². The molecule has 3 aromatic heterocycles. The molecule has 0 aliphatic carbocycles. The number of aryl methyl sites for hydroxylation is 1. The maximum absolute atomic E-state index is 12.9. The van der Waals surface area contributed by atoms with Gasteiger partial charge in [0.05, 0.1) is 18.5 Å². The van der Waals surface area contributed by atoms with Crippen LogP contribution in [-0.2, 0) is 15.8 Å². The zero-order chi connectivity index (χ0) is 22.3. The standard InChI is InChI=1S/C23H20N4O4S/c1-15-6-5-11-27-13-19(24-23(15)27)16-9-10-22(30-2)18(12-16)26-32(28,29)14-20-17-7-3-4-8-21(17)31-25-20/h3-13,26H,14H2,1-2H3. The van der Waals surface area contributed by atoms with E-state index in [2.05, 4.69) is 9.88 Å². The molecule has 0 unspecified atom stereocenters. The lowest BCUT2D eigenvalue weighted by atomic mass is 10.1. The third kappa shape index (κ3) is 3.67. The van der Waals surface area contributed by atoms with Crippen molar-refractivity contribution in [1.29, 1.82) is 0 Å². The van der Waals surface area contributed by atoms with Crippen LogP contribution in [0.2, 0.25) is 0 Å². The first-order valence-electron chi connectivity index (χ1n) is 9.90. The molecule has 0 saturated carbocycles. The number of pyridine rings is 1. The van der Waals surface area contributed by atoms with Crippen molar-refractivity contribution in [3.63, 3.8) is 0 Å². The van der Waals surface area contributed by atoms with Gasteiger partial charge in [-0.2, -0.15) is 0 Å². The second kappa shape index (κ2) is 7.69. The van der Waals surface area contributed by atoms with Crippen molar-refractivity contribution in [3.8, 4) is 17.0 Å². The van der Waals surface area contributed by atoms with E-state index in [0.29, 0.717) is 28.1 Å². The fraction of sp³-hybridized carbons (Fsp3) is 0.130. The minimum Gasteiger partial charge on any atom is -0.495 e. The van der Waals surface area contributed by atoms with Crippen LogP contribution < -0.4 is 9.46 Å². The highest BCUT2D eigenvalue weighted by Crippen LogP contribution is 2.32. The van der Waals surface area contributed by atoms with Crippen LogP contribution in [0.5, 0.6) is 5.75 Å². The summed E-state index contributed by atoms with van der Waals surface area (Å²) in [5.74, 6) is 0.0765. The molecule has 162 valence electrons. The lowest BCUT2D eigenvalue weighted by Crippen LogP contribution is -2.16. The number of hydrogen-bond acceptors (Lipinski definition) is 6. The summed E-state index contributed by atoms with van der Waals surface area (Å²) in [5.41, 5.74) is 4.60. The van der Waals surface area contributed by atoms with Crippen molar-refractivity contribution in [3.05, 3.63) is 78.2 Å². The van der Waals surface area contributed by atoms with Gasteiger partial charge in [0, 0.05) is 23.3 Å². The van der Waals surface area contributed by atoms with Gasteiger partial charge in [0.25, 0.3) is 0 Å². The number of benzene rings is 2. The van der Waals surface area contributed by atoms with Gasteiger partial charge in [-0.1, -0.05) is 23.4 Å². The van der Waals surface area contributed by atoms with E-state index >= 15 is 0 Å². The fourth-order valence-corrected chi connectivity index (χ4v) is 4.80. The summed E-state index contributed by atoms with van der Waals surface area (Å²) in [6.45, 7) is 1.99. The number of fused-ring (bicyclic) bond motifs is 2. The van der Waals surface area contributed by atoms with E-state index < -0.39 is 10.0 Å². The van der Waals surface area contributed by atoms with Crippen LogP contribution in [0.25, 0.3) is 27.9 Å². The number of imidazole rings is 1. The van der Waals surface area contributed by atoms with Gasteiger partial charge in [-0.25, -0.2) is 13.4 Å². The number of methoxy groups -OCH3 is 1. The Kier molecular flexibility index (Phi) is 4.82. The second-order valence-electron chi connectivity index (χ2n) is 7.45. The molecule has 0 bridgehead atoms. The SMILES string of the molecule is COc1ccc(-c2cn3cccc(C)c3n2)cc1NS(=O)(=O)Cc1noc2ccccc12. The van der Waals surface area contributed by atoms with Crippen molar-refractivity contribution in [2.45, 2.75) is 12.7 Å². The summed E-state index contributed by atoms with van der Waals surface area (Å²) < 4.78 is 41.1. The van der Waals surface area contributed by atoms with Crippen molar-refractivity contribution in [2.75, 3.05) is 11.8 Å². The van der Waals surface area contributed by atoms with Crippen LogP contribution in [0.15, 0.2) is 71.5 Å². The number of para-hydroxylation sites is 1. The first kappa shape index (κ1) is 20.1. The second-order valence-corrected chi connectivity index (χ2v) is 9.17. The molecule has 0 fully saturated rings. The van der Waals surface area contributed by atoms with E-state index in [0.717, 1.165) is 22.5 Å². The summed E-state index contributed by atoms with van der Waals surface area (Å²) >= 11 is 0. The Morgan fingerprint density at radius 2 is 1.97 bits per heavy atom. The molecular weight excluding hydrogens is 428 g/mol. The molecule has 0 saturated heterocycles. The molecule has 5 aromatic rings. The van der Waals surface area contributed by atoms with Crippen molar-refractivity contribution < 1.29 is 17.7 Å². The minimum absolute atomic E-state index is 0.326. The molecular formula is C23H20N4O4S. The zero-order valence-corrected chi connectivity index (χ0v) is 18.3. The summed E-state index contributed by atoms with van der Waals surface area (Å²) in [6.07, 6.45) is 3.83. The van der Waals surface area contributed by atoms with Gasteiger partial charge in [-0.3, -0.25) is 4.72 Å². The van der Waals surface area contributed by atoms with E-state index in [1.165, 1.54) is 7.11 Å². The van der Waals surface area contributed by atoms with Crippen LogP contribution >= 0.6 is 0 Å². The molecule has 5 rings (SSSR count). The Balaban J connectivity index is 1.48. The molecule has 0 aliphatic heterocycles. The van der Waals surface area contributed by atoms with Gasteiger partial charge in [-0.15, -0.1) is 0 Å². The molecule has 32 heavy (non-hydrogen) atoms. The normalized spacial score (nSPS) is 11.8. The topological polar surface area (TPSA) is 98.7 Å². The number of ether oxygens (including phenoxy) is 1. The Morgan fingerprint density at radius 1 is 1.12 bits per heavy atom.